The Hall–Kier alpha value is -1.83. The zero-order chi connectivity index (χ0) is 11.1. The van der Waals surface area contributed by atoms with E-state index in [4.69, 9.17) is 11.0 Å². The number of hydrogen-bond acceptors (Lipinski definition) is 4. The predicted octanol–water partition coefficient (Wildman–Crippen LogP) is -0.252. The minimum absolute atomic E-state index is 0.0492. The topological polar surface area (TPSA) is 87.2 Å². The predicted molar refractivity (Wildman–Crippen MR) is 48.4 cm³/mol. The van der Waals surface area contributed by atoms with Gasteiger partial charge >= 0.3 is 0 Å². The molecule has 0 radical (unpaired) electrons. The number of nitrogens with zero attached hydrogens (tertiary/aromatic N) is 2. The first-order valence-corrected chi connectivity index (χ1v) is 4.06. The summed E-state index contributed by atoms with van der Waals surface area (Å²) < 4.78 is 0. The highest BCUT2D eigenvalue weighted by atomic mass is 16.2. The lowest BCUT2D eigenvalue weighted by atomic mass is 9.81. The average Bonchev–Trinajstić information content (AvgIpc) is 2.21. The fourth-order valence-electron chi connectivity index (χ4n) is 1.39. The SMILES string of the molecule is CC1=C(N)C(C)(C#N)C(=O)N(C)C1=O. The second kappa shape index (κ2) is 2.84. The first-order valence-electron chi connectivity index (χ1n) is 4.06. The van der Waals surface area contributed by atoms with Gasteiger partial charge in [-0.3, -0.25) is 14.5 Å². The molecule has 0 aromatic carbocycles. The Kier molecular flexibility index (Phi) is 2.08. The summed E-state index contributed by atoms with van der Waals surface area (Å²) in [6.07, 6.45) is 0. The maximum absolute atomic E-state index is 11.6. The standard InChI is InChI=1S/C9H11N3O2/c1-5-6(11)9(2,4-10)8(14)12(3)7(5)13/h11H2,1-3H3. The molecule has 1 aliphatic heterocycles. The van der Waals surface area contributed by atoms with Crippen molar-refractivity contribution in [2.24, 2.45) is 11.1 Å². The molecule has 0 aromatic rings. The molecule has 1 aliphatic rings. The molecule has 0 saturated carbocycles. The highest BCUT2D eigenvalue weighted by Crippen LogP contribution is 2.31. The van der Waals surface area contributed by atoms with Gasteiger partial charge in [-0.05, 0) is 13.8 Å². The van der Waals surface area contributed by atoms with Gasteiger partial charge in [-0.25, -0.2) is 0 Å². The van der Waals surface area contributed by atoms with E-state index < -0.39 is 17.2 Å². The van der Waals surface area contributed by atoms with Crippen LogP contribution in [0, 0.1) is 16.7 Å². The summed E-state index contributed by atoms with van der Waals surface area (Å²) >= 11 is 0. The average molecular weight is 193 g/mol. The number of nitriles is 1. The molecule has 1 heterocycles. The maximum Gasteiger partial charge on any atom is 0.257 e. The number of rotatable bonds is 0. The first kappa shape index (κ1) is 10.3. The van der Waals surface area contributed by atoms with E-state index in [-0.39, 0.29) is 11.3 Å². The van der Waals surface area contributed by atoms with Crippen molar-refractivity contribution in [3.63, 3.8) is 0 Å². The van der Waals surface area contributed by atoms with Crippen molar-refractivity contribution in [1.29, 1.82) is 5.26 Å². The van der Waals surface area contributed by atoms with E-state index in [0.717, 1.165) is 4.90 Å². The van der Waals surface area contributed by atoms with Crippen LogP contribution in [0.1, 0.15) is 13.8 Å². The largest absolute Gasteiger partial charge is 0.400 e. The van der Waals surface area contributed by atoms with Crippen LogP contribution in [-0.4, -0.2) is 23.8 Å². The summed E-state index contributed by atoms with van der Waals surface area (Å²) in [5, 5.41) is 8.89. The Bertz CT molecular complexity index is 391. The highest BCUT2D eigenvalue weighted by Gasteiger charge is 2.46. The van der Waals surface area contributed by atoms with E-state index in [1.54, 1.807) is 0 Å². The summed E-state index contributed by atoms with van der Waals surface area (Å²) in [6.45, 7) is 2.92. The third kappa shape index (κ3) is 1.01. The summed E-state index contributed by atoms with van der Waals surface area (Å²) in [4.78, 5) is 23.9. The zero-order valence-corrected chi connectivity index (χ0v) is 8.29. The smallest absolute Gasteiger partial charge is 0.257 e. The van der Waals surface area contributed by atoms with Crippen LogP contribution in [0.4, 0.5) is 0 Å². The number of imide groups is 1. The maximum atomic E-state index is 11.6. The molecule has 2 N–H and O–H groups in total. The van der Waals surface area contributed by atoms with Gasteiger partial charge in [0, 0.05) is 18.3 Å². The molecule has 2 amide bonds. The van der Waals surface area contributed by atoms with E-state index in [2.05, 4.69) is 0 Å². The lowest BCUT2D eigenvalue weighted by Crippen LogP contribution is -2.50. The van der Waals surface area contributed by atoms with Crippen LogP contribution in [-0.2, 0) is 9.59 Å². The molecule has 5 heteroatoms. The molecule has 1 atom stereocenters. The molecular weight excluding hydrogens is 182 g/mol. The van der Waals surface area contributed by atoms with Crippen molar-refractivity contribution in [2.45, 2.75) is 13.8 Å². The third-order valence-electron chi connectivity index (χ3n) is 2.52. The summed E-state index contributed by atoms with van der Waals surface area (Å²) in [6, 6.07) is 1.83. The fraction of sp³-hybridized carbons (Fsp3) is 0.444. The summed E-state index contributed by atoms with van der Waals surface area (Å²) in [7, 11) is 1.34. The summed E-state index contributed by atoms with van der Waals surface area (Å²) in [5.74, 6) is -1.02. The fourth-order valence-corrected chi connectivity index (χ4v) is 1.39. The Morgan fingerprint density at radius 3 is 2.43 bits per heavy atom. The van der Waals surface area contributed by atoms with E-state index >= 15 is 0 Å². The Balaban J connectivity index is 3.45. The Morgan fingerprint density at radius 2 is 2.00 bits per heavy atom. The molecule has 5 nitrogen and oxygen atoms in total. The summed E-state index contributed by atoms with van der Waals surface area (Å²) in [5.41, 5.74) is 4.50. The molecule has 0 aromatic heterocycles. The minimum Gasteiger partial charge on any atom is -0.400 e. The van der Waals surface area contributed by atoms with Crippen LogP contribution in [0.5, 0.6) is 0 Å². The van der Waals surface area contributed by atoms with E-state index in [9.17, 15) is 9.59 Å². The number of carbonyl (C=O) groups is 2. The number of carbonyl (C=O) groups excluding carboxylic acids is 2. The number of amides is 2. The van der Waals surface area contributed by atoms with Gasteiger partial charge in [-0.2, -0.15) is 5.26 Å². The Labute approximate surface area is 81.8 Å². The van der Waals surface area contributed by atoms with Gasteiger partial charge in [-0.15, -0.1) is 0 Å². The normalized spacial score (nSPS) is 28.0. The van der Waals surface area contributed by atoms with Crippen LogP contribution in [0.15, 0.2) is 11.3 Å². The van der Waals surface area contributed by atoms with Crippen molar-refractivity contribution in [1.82, 2.24) is 4.90 Å². The lowest BCUT2D eigenvalue weighted by Gasteiger charge is -2.32. The van der Waals surface area contributed by atoms with Crippen molar-refractivity contribution < 1.29 is 9.59 Å². The van der Waals surface area contributed by atoms with E-state index in [0.29, 0.717) is 0 Å². The number of nitrogens with two attached hydrogens (primary N) is 1. The molecule has 1 unspecified atom stereocenters. The first-order chi connectivity index (χ1) is 6.36. The van der Waals surface area contributed by atoms with Gasteiger partial charge in [0.15, 0.2) is 5.41 Å². The van der Waals surface area contributed by atoms with Crippen molar-refractivity contribution in [3.8, 4) is 6.07 Å². The van der Waals surface area contributed by atoms with Gasteiger partial charge < -0.3 is 5.73 Å². The second-order valence-electron chi connectivity index (χ2n) is 3.44. The molecule has 14 heavy (non-hydrogen) atoms. The van der Waals surface area contributed by atoms with Gasteiger partial charge in [0.25, 0.3) is 11.8 Å². The molecule has 1 rings (SSSR count). The molecule has 0 bridgehead atoms. The van der Waals surface area contributed by atoms with Crippen LogP contribution in [0.3, 0.4) is 0 Å². The molecule has 0 saturated heterocycles. The third-order valence-corrected chi connectivity index (χ3v) is 2.52. The molecule has 0 aliphatic carbocycles. The Morgan fingerprint density at radius 1 is 1.50 bits per heavy atom. The highest BCUT2D eigenvalue weighted by molar-refractivity contribution is 6.11. The van der Waals surface area contributed by atoms with Crippen LogP contribution >= 0.6 is 0 Å². The molecular formula is C9H11N3O2. The minimum atomic E-state index is -1.41. The zero-order valence-electron chi connectivity index (χ0n) is 8.29. The van der Waals surface area contributed by atoms with Gasteiger partial charge in [0.1, 0.15) is 0 Å². The van der Waals surface area contributed by atoms with E-state index in [1.165, 1.54) is 20.9 Å². The van der Waals surface area contributed by atoms with Crippen LogP contribution in [0.2, 0.25) is 0 Å². The molecule has 74 valence electrons. The van der Waals surface area contributed by atoms with Crippen molar-refractivity contribution in [2.75, 3.05) is 7.05 Å². The molecule has 0 spiro atoms. The second-order valence-corrected chi connectivity index (χ2v) is 3.44. The monoisotopic (exact) mass is 193 g/mol. The van der Waals surface area contributed by atoms with Crippen molar-refractivity contribution in [3.05, 3.63) is 11.3 Å². The number of likely N-dealkylation sites (N-methyl/N-ethyl adjacent to an activating group) is 1. The lowest BCUT2D eigenvalue weighted by molar-refractivity contribution is -0.146. The van der Waals surface area contributed by atoms with Crippen LogP contribution in [0.25, 0.3) is 0 Å². The molecule has 0 fully saturated rings. The van der Waals surface area contributed by atoms with Crippen LogP contribution < -0.4 is 5.73 Å². The quantitative estimate of drug-likeness (QED) is 0.537. The van der Waals surface area contributed by atoms with E-state index in [1.807, 2.05) is 6.07 Å². The van der Waals surface area contributed by atoms with Gasteiger partial charge in [0.2, 0.25) is 0 Å². The van der Waals surface area contributed by atoms with Gasteiger partial charge in [0.05, 0.1) is 6.07 Å². The number of hydrogen-bond donors (Lipinski definition) is 1. The van der Waals surface area contributed by atoms with Crippen molar-refractivity contribution >= 4 is 11.8 Å². The van der Waals surface area contributed by atoms with Gasteiger partial charge in [-0.1, -0.05) is 0 Å².